The van der Waals surface area contributed by atoms with Crippen molar-refractivity contribution < 1.29 is 0 Å². The zero-order valence-corrected chi connectivity index (χ0v) is 7.00. The molecule has 0 aromatic rings. The highest BCUT2D eigenvalue weighted by atomic mass is 32.2. The second-order valence-electron chi connectivity index (χ2n) is 2.80. The molecule has 1 atom stereocenters. The summed E-state index contributed by atoms with van der Waals surface area (Å²) in [5.74, 6) is 0. The van der Waals surface area contributed by atoms with Crippen molar-refractivity contribution in [2.75, 3.05) is 13.1 Å². The maximum Gasteiger partial charge on any atom is 0.0187 e. The molecule has 1 rings (SSSR count). The van der Waals surface area contributed by atoms with Crippen molar-refractivity contribution in [3.63, 3.8) is 0 Å². The van der Waals surface area contributed by atoms with Crippen LogP contribution in [-0.2, 0) is 0 Å². The third kappa shape index (κ3) is 2.59. The molecule has 0 bridgehead atoms. The number of thioether (sulfide) groups is 1. The van der Waals surface area contributed by atoms with Gasteiger partial charge in [-0.3, -0.25) is 0 Å². The van der Waals surface area contributed by atoms with Crippen molar-refractivity contribution in [2.45, 2.75) is 30.8 Å². The van der Waals surface area contributed by atoms with Gasteiger partial charge in [0, 0.05) is 11.8 Å². The molecule has 54 valence electrons. The minimum atomic E-state index is 0.801. The SMILES string of the molecule is CC(C)S[C@@H]1CCNC1. The van der Waals surface area contributed by atoms with E-state index in [0.717, 1.165) is 10.5 Å². The second-order valence-corrected chi connectivity index (χ2v) is 4.68. The van der Waals surface area contributed by atoms with E-state index in [9.17, 15) is 0 Å². The summed E-state index contributed by atoms with van der Waals surface area (Å²) in [6.45, 7) is 6.99. The summed E-state index contributed by atoms with van der Waals surface area (Å²) in [5.41, 5.74) is 0. The minimum absolute atomic E-state index is 0.801. The van der Waals surface area contributed by atoms with Crippen molar-refractivity contribution in [1.29, 1.82) is 0 Å². The number of hydrogen-bond donors (Lipinski definition) is 1. The van der Waals surface area contributed by atoms with Crippen LogP contribution in [0.1, 0.15) is 20.3 Å². The molecule has 0 amide bonds. The van der Waals surface area contributed by atoms with Crippen molar-refractivity contribution >= 4 is 11.8 Å². The molecule has 0 aromatic heterocycles. The van der Waals surface area contributed by atoms with Crippen LogP contribution in [0.4, 0.5) is 0 Å². The topological polar surface area (TPSA) is 12.0 Å². The predicted molar refractivity (Wildman–Crippen MR) is 44.0 cm³/mol. The largest absolute Gasteiger partial charge is 0.316 e. The van der Waals surface area contributed by atoms with Gasteiger partial charge in [0.2, 0.25) is 0 Å². The molecule has 0 spiro atoms. The van der Waals surface area contributed by atoms with Crippen LogP contribution >= 0.6 is 11.8 Å². The van der Waals surface area contributed by atoms with Gasteiger partial charge in [-0.25, -0.2) is 0 Å². The van der Waals surface area contributed by atoms with Gasteiger partial charge in [0.15, 0.2) is 0 Å². The summed E-state index contributed by atoms with van der Waals surface area (Å²) in [5, 5.41) is 5.05. The maximum atomic E-state index is 3.36. The lowest BCUT2D eigenvalue weighted by atomic mass is 10.4. The molecule has 0 unspecified atom stereocenters. The van der Waals surface area contributed by atoms with E-state index >= 15 is 0 Å². The predicted octanol–water partition coefficient (Wildman–Crippen LogP) is 1.49. The fourth-order valence-electron chi connectivity index (χ4n) is 1.13. The van der Waals surface area contributed by atoms with Crippen molar-refractivity contribution in [2.24, 2.45) is 0 Å². The molecule has 1 aliphatic heterocycles. The highest BCUT2D eigenvalue weighted by molar-refractivity contribution is 8.00. The highest BCUT2D eigenvalue weighted by Gasteiger charge is 2.15. The Morgan fingerprint density at radius 2 is 2.33 bits per heavy atom. The Kier molecular flexibility index (Phi) is 2.86. The van der Waals surface area contributed by atoms with Gasteiger partial charge in [-0.1, -0.05) is 13.8 Å². The molecule has 1 N–H and O–H groups in total. The lowest BCUT2D eigenvalue weighted by Crippen LogP contribution is -2.11. The van der Waals surface area contributed by atoms with E-state index < -0.39 is 0 Å². The molecule has 1 heterocycles. The van der Waals surface area contributed by atoms with Crippen LogP contribution < -0.4 is 5.32 Å². The first-order chi connectivity index (χ1) is 4.29. The Labute approximate surface area is 61.6 Å². The number of hydrogen-bond acceptors (Lipinski definition) is 2. The third-order valence-corrected chi connectivity index (χ3v) is 2.81. The standard InChI is InChI=1S/C7H15NS/c1-6(2)9-7-3-4-8-5-7/h6-8H,3-5H2,1-2H3/t7-/m1/s1. The van der Waals surface area contributed by atoms with Crippen LogP contribution in [0.3, 0.4) is 0 Å². The van der Waals surface area contributed by atoms with Crippen molar-refractivity contribution in [3.8, 4) is 0 Å². The summed E-state index contributed by atoms with van der Waals surface area (Å²) >= 11 is 2.10. The van der Waals surface area contributed by atoms with Crippen LogP contribution in [0.25, 0.3) is 0 Å². The summed E-state index contributed by atoms with van der Waals surface area (Å²) in [4.78, 5) is 0. The Balaban J connectivity index is 2.11. The Morgan fingerprint density at radius 3 is 2.78 bits per heavy atom. The monoisotopic (exact) mass is 145 g/mol. The third-order valence-electron chi connectivity index (χ3n) is 1.48. The maximum absolute atomic E-state index is 3.36. The summed E-state index contributed by atoms with van der Waals surface area (Å²) in [6.07, 6.45) is 1.36. The first-order valence-corrected chi connectivity index (χ1v) is 4.59. The van der Waals surface area contributed by atoms with Gasteiger partial charge in [0.25, 0.3) is 0 Å². The van der Waals surface area contributed by atoms with Gasteiger partial charge in [-0.15, -0.1) is 0 Å². The zero-order valence-electron chi connectivity index (χ0n) is 6.18. The van der Waals surface area contributed by atoms with Crippen LogP contribution in [0.15, 0.2) is 0 Å². The molecule has 9 heavy (non-hydrogen) atoms. The quantitative estimate of drug-likeness (QED) is 0.632. The summed E-state index contributed by atoms with van der Waals surface area (Å²) < 4.78 is 0. The fraction of sp³-hybridized carbons (Fsp3) is 1.00. The molecule has 1 aliphatic rings. The van der Waals surface area contributed by atoms with Crippen LogP contribution in [0.2, 0.25) is 0 Å². The molecule has 1 fully saturated rings. The van der Waals surface area contributed by atoms with Gasteiger partial charge in [0.1, 0.15) is 0 Å². The van der Waals surface area contributed by atoms with Crippen LogP contribution in [-0.4, -0.2) is 23.6 Å². The van der Waals surface area contributed by atoms with Crippen molar-refractivity contribution in [3.05, 3.63) is 0 Å². The van der Waals surface area contributed by atoms with E-state index in [1.807, 2.05) is 0 Å². The van der Waals surface area contributed by atoms with Crippen LogP contribution in [0, 0.1) is 0 Å². The molecule has 1 nitrogen and oxygen atoms in total. The highest BCUT2D eigenvalue weighted by Crippen LogP contribution is 2.21. The number of nitrogens with one attached hydrogen (secondary N) is 1. The fourth-order valence-corrected chi connectivity index (χ4v) is 2.37. The lowest BCUT2D eigenvalue weighted by Gasteiger charge is -2.09. The van der Waals surface area contributed by atoms with Crippen LogP contribution in [0.5, 0.6) is 0 Å². The Bertz CT molecular complexity index is 77.0. The Morgan fingerprint density at radius 1 is 1.56 bits per heavy atom. The Hall–Kier alpha value is 0.310. The van der Waals surface area contributed by atoms with E-state index in [1.165, 1.54) is 19.5 Å². The first-order valence-electron chi connectivity index (χ1n) is 3.65. The molecule has 2 heteroatoms. The molecule has 0 radical (unpaired) electrons. The van der Waals surface area contributed by atoms with Gasteiger partial charge < -0.3 is 5.32 Å². The van der Waals surface area contributed by atoms with E-state index in [1.54, 1.807) is 0 Å². The first kappa shape index (κ1) is 7.42. The average molecular weight is 145 g/mol. The molecule has 1 saturated heterocycles. The van der Waals surface area contributed by atoms with Gasteiger partial charge >= 0.3 is 0 Å². The van der Waals surface area contributed by atoms with E-state index in [-0.39, 0.29) is 0 Å². The van der Waals surface area contributed by atoms with E-state index in [4.69, 9.17) is 0 Å². The van der Waals surface area contributed by atoms with Crippen molar-refractivity contribution in [1.82, 2.24) is 5.32 Å². The smallest absolute Gasteiger partial charge is 0.0187 e. The summed E-state index contributed by atoms with van der Waals surface area (Å²) in [6, 6.07) is 0. The van der Waals surface area contributed by atoms with E-state index in [0.29, 0.717) is 0 Å². The van der Waals surface area contributed by atoms with Gasteiger partial charge in [-0.2, -0.15) is 11.8 Å². The van der Waals surface area contributed by atoms with Gasteiger partial charge in [0.05, 0.1) is 0 Å². The molecule has 0 aliphatic carbocycles. The lowest BCUT2D eigenvalue weighted by molar-refractivity contribution is 0.858. The van der Waals surface area contributed by atoms with Gasteiger partial charge in [-0.05, 0) is 18.2 Å². The van der Waals surface area contributed by atoms with E-state index in [2.05, 4.69) is 30.9 Å². The number of rotatable bonds is 2. The molecular formula is C7H15NS. The normalized spacial score (nSPS) is 27.7. The summed E-state index contributed by atoms with van der Waals surface area (Å²) in [7, 11) is 0. The average Bonchev–Trinajstić information content (AvgIpc) is 2.15. The molecule has 0 aromatic carbocycles. The minimum Gasteiger partial charge on any atom is -0.316 e. The second kappa shape index (κ2) is 3.47. The molecule has 0 saturated carbocycles. The molecular weight excluding hydrogens is 130 g/mol. The zero-order chi connectivity index (χ0) is 6.69.